The van der Waals surface area contributed by atoms with Crippen LogP contribution in [-0.2, 0) is 9.53 Å². The van der Waals surface area contributed by atoms with E-state index in [1.165, 1.54) is 0 Å². The molecule has 6 heteroatoms. The number of hydrogen-bond donors (Lipinski definition) is 2. The molecule has 1 saturated heterocycles. The van der Waals surface area contributed by atoms with Gasteiger partial charge in [-0.1, -0.05) is 13.8 Å². The summed E-state index contributed by atoms with van der Waals surface area (Å²) < 4.78 is 5.55. The molecule has 1 heterocycles. The third-order valence-electron chi connectivity index (χ3n) is 4.74. The Hall–Kier alpha value is 0.0300. The van der Waals surface area contributed by atoms with Gasteiger partial charge in [0.25, 0.3) is 0 Å². The van der Waals surface area contributed by atoms with Crippen LogP contribution in [0.3, 0.4) is 0 Å². The lowest BCUT2D eigenvalue weighted by atomic mass is 9.58. The molecule has 0 aromatic heterocycles. The Morgan fingerprint density at radius 1 is 1.47 bits per heavy atom. The lowest BCUT2D eigenvalue weighted by molar-refractivity contribution is -0.142. The van der Waals surface area contributed by atoms with Crippen LogP contribution in [0.2, 0.25) is 0 Å². The average molecular weight is 309 g/mol. The molecule has 2 fully saturated rings. The van der Waals surface area contributed by atoms with Crippen molar-refractivity contribution in [3.05, 3.63) is 0 Å². The molecule has 0 bridgehead atoms. The smallest absolute Gasteiger partial charge is 0.238 e. The van der Waals surface area contributed by atoms with Crippen molar-refractivity contribution >= 4 is 30.1 Å². The van der Waals surface area contributed by atoms with Crippen LogP contribution in [0.1, 0.15) is 33.1 Å². The van der Waals surface area contributed by atoms with Crippen LogP contribution in [0.4, 0.5) is 0 Å². The molecule has 2 aliphatic rings. The highest BCUT2D eigenvalue weighted by molar-refractivity contribution is 7.99. The first-order chi connectivity index (χ1) is 8.67. The minimum absolute atomic E-state index is 0. The number of rotatable bonds is 5. The zero-order valence-corrected chi connectivity index (χ0v) is 13.5. The molecule has 1 aliphatic heterocycles. The summed E-state index contributed by atoms with van der Waals surface area (Å²) in [6.45, 7) is 4.38. The molecule has 112 valence electrons. The first-order valence-corrected chi connectivity index (χ1v) is 7.97. The van der Waals surface area contributed by atoms with Gasteiger partial charge in [0.2, 0.25) is 5.91 Å². The van der Waals surface area contributed by atoms with Crippen LogP contribution in [0.15, 0.2) is 0 Å². The van der Waals surface area contributed by atoms with Crippen molar-refractivity contribution in [3.63, 3.8) is 0 Å². The van der Waals surface area contributed by atoms with Crippen molar-refractivity contribution in [2.45, 2.75) is 51.3 Å². The summed E-state index contributed by atoms with van der Waals surface area (Å²) in [5.74, 6) is 1.93. The molecule has 2 rings (SSSR count). The van der Waals surface area contributed by atoms with E-state index in [0.29, 0.717) is 6.10 Å². The Kier molecular flexibility index (Phi) is 6.43. The SMILES string of the molecule is CCC1(CC)C(NC(=O)[C@H]2CSCN2)CC1OC.Cl. The van der Waals surface area contributed by atoms with Gasteiger partial charge < -0.3 is 10.1 Å². The fourth-order valence-electron chi connectivity index (χ4n) is 3.32. The van der Waals surface area contributed by atoms with Gasteiger partial charge in [0.15, 0.2) is 0 Å². The molecule has 0 radical (unpaired) electrons. The summed E-state index contributed by atoms with van der Waals surface area (Å²) in [7, 11) is 1.78. The van der Waals surface area contributed by atoms with Gasteiger partial charge >= 0.3 is 0 Å². The third-order valence-corrected chi connectivity index (χ3v) is 5.68. The highest BCUT2D eigenvalue weighted by atomic mass is 35.5. The van der Waals surface area contributed by atoms with Crippen molar-refractivity contribution in [2.75, 3.05) is 18.7 Å². The molecule has 1 aliphatic carbocycles. The van der Waals surface area contributed by atoms with E-state index in [9.17, 15) is 4.79 Å². The number of carbonyl (C=O) groups excluding carboxylic acids is 1. The molecular formula is C13H25ClN2O2S. The van der Waals surface area contributed by atoms with Crippen LogP contribution in [0.25, 0.3) is 0 Å². The number of nitrogens with one attached hydrogen (secondary N) is 2. The average Bonchev–Trinajstić information content (AvgIpc) is 2.89. The van der Waals surface area contributed by atoms with Crippen LogP contribution in [-0.4, -0.2) is 42.8 Å². The summed E-state index contributed by atoms with van der Waals surface area (Å²) in [4.78, 5) is 12.1. The van der Waals surface area contributed by atoms with E-state index in [1.807, 2.05) is 0 Å². The molecular weight excluding hydrogens is 284 g/mol. The number of ether oxygens (including phenoxy) is 1. The zero-order chi connectivity index (χ0) is 13.2. The van der Waals surface area contributed by atoms with E-state index in [0.717, 1.165) is 30.9 Å². The van der Waals surface area contributed by atoms with Crippen LogP contribution in [0, 0.1) is 5.41 Å². The number of carbonyl (C=O) groups is 1. The third kappa shape index (κ3) is 3.04. The van der Waals surface area contributed by atoms with E-state index in [1.54, 1.807) is 18.9 Å². The van der Waals surface area contributed by atoms with E-state index < -0.39 is 0 Å². The van der Waals surface area contributed by atoms with Gasteiger partial charge in [-0.05, 0) is 19.3 Å². The summed E-state index contributed by atoms with van der Waals surface area (Å²) in [6, 6.07) is 0.264. The van der Waals surface area contributed by atoms with Gasteiger partial charge in [0.1, 0.15) is 0 Å². The summed E-state index contributed by atoms with van der Waals surface area (Å²) >= 11 is 1.78. The normalized spacial score (nSPS) is 32.3. The number of halogens is 1. The lowest BCUT2D eigenvalue weighted by Gasteiger charge is -2.55. The van der Waals surface area contributed by atoms with Crippen LogP contribution < -0.4 is 10.6 Å². The summed E-state index contributed by atoms with van der Waals surface area (Å²) in [5, 5.41) is 6.44. The monoisotopic (exact) mass is 308 g/mol. The molecule has 1 amide bonds. The summed E-state index contributed by atoms with van der Waals surface area (Å²) in [6.07, 6.45) is 3.35. The number of amides is 1. The Morgan fingerprint density at radius 2 is 2.16 bits per heavy atom. The largest absolute Gasteiger partial charge is 0.381 e. The molecule has 2 unspecified atom stereocenters. The van der Waals surface area contributed by atoms with Crippen molar-refractivity contribution in [2.24, 2.45) is 5.41 Å². The van der Waals surface area contributed by atoms with Crippen LogP contribution in [0.5, 0.6) is 0 Å². The molecule has 4 nitrogen and oxygen atoms in total. The van der Waals surface area contributed by atoms with Crippen LogP contribution >= 0.6 is 24.2 Å². The number of thioether (sulfide) groups is 1. The van der Waals surface area contributed by atoms with Gasteiger partial charge in [-0.25, -0.2) is 0 Å². The molecule has 1 saturated carbocycles. The first-order valence-electron chi connectivity index (χ1n) is 6.82. The van der Waals surface area contributed by atoms with Crippen molar-refractivity contribution < 1.29 is 9.53 Å². The molecule has 0 aromatic carbocycles. The van der Waals surface area contributed by atoms with Gasteiger partial charge in [-0.2, -0.15) is 0 Å². The second-order valence-corrected chi connectivity index (χ2v) is 6.26. The van der Waals surface area contributed by atoms with Crippen molar-refractivity contribution in [1.29, 1.82) is 0 Å². The molecule has 0 aromatic rings. The molecule has 2 N–H and O–H groups in total. The predicted octanol–water partition coefficient (Wildman–Crippen LogP) is 1.78. The zero-order valence-electron chi connectivity index (χ0n) is 11.9. The maximum atomic E-state index is 12.1. The first kappa shape index (κ1) is 17.1. The molecule has 0 spiro atoms. The van der Waals surface area contributed by atoms with E-state index in [-0.39, 0.29) is 35.8 Å². The van der Waals surface area contributed by atoms with Gasteiger partial charge in [0, 0.05) is 30.2 Å². The minimum Gasteiger partial charge on any atom is -0.381 e. The van der Waals surface area contributed by atoms with Crippen molar-refractivity contribution in [3.8, 4) is 0 Å². The Morgan fingerprint density at radius 3 is 2.63 bits per heavy atom. The van der Waals surface area contributed by atoms with E-state index in [4.69, 9.17) is 4.74 Å². The minimum atomic E-state index is -0.0111. The summed E-state index contributed by atoms with van der Waals surface area (Å²) in [5.41, 5.74) is 0.135. The molecule has 19 heavy (non-hydrogen) atoms. The van der Waals surface area contributed by atoms with Gasteiger partial charge in [-0.3, -0.25) is 10.1 Å². The quantitative estimate of drug-likeness (QED) is 0.813. The maximum Gasteiger partial charge on any atom is 0.238 e. The standard InChI is InChI=1S/C13H24N2O2S.ClH/c1-4-13(5-2)10(6-11(13)17-3)15-12(16)9-7-18-8-14-9;/h9-11,14H,4-8H2,1-3H3,(H,15,16);1H/t9-,10?,11?;/m1./s1. The fourth-order valence-corrected chi connectivity index (χ4v) is 4.26. The fraction of sp³-hybridized carbons (Fsp3) is 0.923. The second kappa shape index (κ2) is 7.16. The highest BCUT2D eigenvalue weighted by Crippen LogP contribution is 2.48. The van der Waals surface area contributed by atoms with E-state index in [2.05, 4.69) is 24.5 Å². The lowest BCUT2D eigenvalue weighted by Crippen LogP contribution is -2.65. The van der Waals surface area contributed by atoms with E-state index >= 15 is 0 Å². The Balaban J connectivity index is 0.00000180. The number of methoxy groups -OCH3 is 1. The Bertz CT molecular complexity index is 307. The Labute approximate surface area is 126 Å². The van der Waals surface area contributed by atoms with Crippen molar-refractivity contribution in [1.82, 2.24) is 10.6 Å². The number of hydrogen-bond acceptors (Lipinski definition) is 4. The maximum absolute atomic E-state index is 12.1. The predicted molar refractivity (Wildman–Crippen MR) is 81.9 cm³/mol. The molecule has 3 atom stereocenters. The van der Waals surface area contributed by atoms with Gasteiger partial charge in [-0.15, -0.1) is 24.2 Å². The topological polar surface area (TPSA) is 50.4 Å². The second-order valence-electron chi connectivity index (χ2n) is 5.23. The highest BCUT2D eigenvalue weighted by Gasteiger charge is 2.53. The van der Waals surface area contributed by atoms with Gasteiger partial charge in [0.05, 0.1) is 12.1 Å².